The molecule has 1 aromatic carbocycles. The molecule has 1 amide bonds. The fourth-order valence-electron chi connectivity index (χ4n) is 1.14. The number of anilines is 1. The predicted molar refractivity (Wildman–Crippen MR) is 68.8 cm³/mol. The zero-order chi connectivity index (χ0) is 14.3. The molecule has 0 aliphatic heterocycles. The van der Waals surface area contributed by atoms with Crippen molar-refractivity contribution in [2.24, 2.45) is 0 Å². The van der Waals surface area contributed by atoms with E-state index >= 15 is 0 Å². The van der Waals surface area contributed by atoms with Gasteiger partial charge in [-0.3, -0.25) is 0 Å². The van der Waals surface area contributed by atoms with Crippen LogP contribution in [0.3, 0.4) is 0 Å². The quantitative estimate of drug-likeness (QED) is 0.494. The van der Waals surface area contributed by atoms with E-state index in [1.165, 1.54) is 0 Å². The molecule has 0 saturated carbocycles. The van der Waals surface area contributed by atoms with Crippen LogP contribution in [-0.2, 0) is 14.9 Å². The number of carbonyl (C=O) groups excluding carboxylic acids is 1. The Balaban J connectivity index is 2.33. The summed E-state index contributed by atoms with van der Waals surface area (Å²) in [5.74, 6) is 0.528. The van der Waals surface area contributed by atoms with E-state index in [0.717, 1.165) is 7.11 Å². The molecule has 8 nitrogen and oxygen atoms in total. The lowest BCUT2D eigenvalue weighted by molar-refractivity contribution is 0.177. The average Bonchev–Trinajstić information content (AvgIpc) is 2.34. The van der Waals surface area contributed by atoms with Crippen molar-refractivity contribution in [3.8, 4) is 5.75 Å². The molecular weight excluding hydrogens is 274 g/mol. The largest absolute Gasteiger partial charge is 0.492 e. The highest BCUT2D eigenvalue weighted by atomic mass is 32.2. The number of amides is 1. The minimum Gasteiger partial charge on any atom is -0.492 e. The van der Waals surface area contributed by atoms with Crippen LogP contribution in [0.15, 0.2) is 24.3 Å². The highest BCUT2D eigenvalue weighted by molar-refractivity contribution is 7.88. The molecule has 0 unspecified atom stereocenters. The van der Waals surface area contributed by atoms with Gasteiger partial charge in [-0.25, -0.2) is 9.52 Å². The summed E-state index contributed by atoms with van der Waals surface area (Å²) in [6.45, 7) is 0.0761. The van der Waals surface area contributed by atoms with Gasteiger partial charge in [0.1, 0.15) is 12.4 Å². The molecule has 0 spiro atoms. The van der Waals surface area contributed by atoms with Gasteiger partial charge in [-0.05, 0) is 12.1 Å². The van der Waals surface area contributed by atoms with Gasteiger partial charge in [-0.15, -0.1) is 0 Å². The van der Waals surface area contributed by atoms with Gasteiger partial charge in [0.25, 0.3) is 0 Å². The van der Waals surface area contributed by atoms with Crippen LogP contribution < -0.4 is 19.9 Å². The van der Waals surface area contributed by atoms with Crippen molar-refractivity contribution in [3.05, 3.63) is 24.3 Å². The van der Waals surface area contributed by atoms with Crippen LogP contribution >= 0.6 is 0 Å². The van der Waals surface area contributed by atoms with Crippen LogP contribution in [0.2, 0.25) is 0 Å². The Kier molecular flexibility index (Phi) is 5.39. The monoisotopic (exact) mass is 289 g/mol. The summed E-state index contributed by atoms with van der Waals surface area (Å²) in [5.41, 5.74) is 6.10. The van der Waals surface area contributed by atoms with E-state index in [0.29, 0.717) is 11.4 Å². The Hall–Kier alpha value is -2.00. The zero-order valence-electron chi connectivity index (χ0n) is 10.3. The minimum absolute atomic E-state index is 0.0128. The number of nitrogen functional groups attached to an aromatic ring is 1. The molecule has 4 N–H and O–H groups in total. The standard InChI is InChI=1S/C10H15N3O5S/c1-17-10(14)13-19(15,16)12-5-6-18-9-4-2-3-8(11)7-9/h2-4,7,12H,5-6,11H2,1H3,(H,13,14). The van der Waals surface area contributed by atoms with Crippen molar-refractivity contribution in [1.29, 1.82) is 0 Å². The first-order chi connectivity index (χ1) is 8.93. The summed E-state index contributed by atoms with van der Waals surface area (Å²) < 4.78 is 35.7. The highest BCUT2D eigenvalue weighted by Gasteiger charge is 2.13. The van der Waals surface area contributed by atoms with Crippen molar-refractivity contribution in [2.45, 2.75) is 0 Å². The lowest BCUT2D eigenvalue weighted by atomic mass is 10.3. The Labute approximate surface area is 111 Å². The van der Waals surface area contributed by atoms with Crippen molar-refractivity contribution >= 4 is 22.0 Å². The van der Waals surface area contributed by atoms with E-state index in [1.807, 2.05) is 0 Å². The minimum atomic E-state index is -3.93. The van der Waals surface area contributed by atoms with E-state index in [9.17, 15) is 13.2 Å². The average molecular weight is 289 g/mol. The van der Waals surface area contributed by atoms with Gasteiger partial charge in [-0.2, -0.15) is 13.1 Å². The molecule has 0 atom stereocenters. The molecule has 0 aromatic heterocycles. The number of rotatable bonds is 6. The highest BCUT2D eigenvalue weighted by Crippen LogP contribution is 2.13. The van der Waals surface area contributed by atoms with Crippen molar-refractivity contribution in [3.63, 3.8) is 0 Å². The number of benzene rings is 1. The van der Waals surface area contributed by atoms with Crippen molar-refractivity contribution < 1.29 is 22.7 Å². The Morgan fingerprint density at radius 2 is 2.16 bits per heavy atom. The van der Waals surface area contributed by atoms with Crippen LogP contribution in [0.1, 0.15) is 0 Å². The first-order valence-electron chi connectivity index (χ1n) is 5.26. The number of nitrogens with two attached hydrogens (primary N) is 1. The van der Waals surface area contributed by atoms with Crippen LogP contribution in [-0.4, -0.2) is 34.8 Å². The second-order valence-electron chi connectivity index (χ2n) is 3.41. The van der Waals surface area contributed by atoms with Crippen LogP contribution in [0, 0.1) is 0 Å². The summed E-state index contributed by atoms with van der Waals surface area (Å²) in [6, 6.07) is 6.72. The van der Waals surface area contributed by atoms with Gasteiger partial charge in [-0.1, -0.05) is 6.07 Å². The summed E-state index contributed by atoms with van der Waals surface area (Å²) in [5, 5.41) is 0. The van der Waals surface area contributed by atoms with Crippen LogP contribution in [0.4, 0.5) is 10.5 Å². The molecule has 0 radical (unpaired) electrons. The maximum atomic E-state index is 11.3. The van der Waals surface area contributed by atoms with Crippen molar-refractivity contribution in [2.75, 3.05) is 26.0 Å². The van der Waals surface area contributed by atoms with E-state index in [2.05, 4.69) is 9.46 Å². The molecule has 19 heavy (non-hydrogen) atoms. The lowest BCUT2D eigenvalue weighted by Gasteiger charge is -2.09. The third kappa shape index (κ3) is 5.93. The molecule has 0 heterocycles. The topological polar surface area (TPSA) is 120 Å². The molecule has 0 aliphatic rings. The predicted octanol–water partition coefficient (Wildman–Crippen LogP) is -0.162. The number of ether oxygens (including phenoxy) is 2. The Bertz CT molecular complexity index is 532. The van der Waals surface area contributed by atoms with Crippen LogP contribution in [0.5, 0.6) is 5.75 Å². The van der Waals surface area contributed by atoms with Gasteiger partial charge in [0.2, 0.25) is 0 Å². The second kappa shape index (κ2) is 6.81. The first-order valence-corrected chi connectivity index (χ1v) is 6.75. The third-order valence-electron chi connectivity index (χ3n) is 1.92. The summed E-state index contributed by atoms with van der Waals surface area (Å²) in [6.07, 6.45) is -1.07. The molecule has 106 valence electrons. The van der Waals surface area contributed by atoms with Gasteiger partial charge in [0, 0.05) is 18.3 Å². The normalized spacial score (nSPS) is 10.8. The number of hydrogen-bond donors (Lipinski definition) is 3. The van der Waals surface area contributed by atoms with E-state index < -0.39 is 16.3 Å². The molecule has 0 bridgehead atoms. The number of carbonyl (C=O) groups is 1. The molecule has 0 saturated heterocycles. The van der Waals surface area contributed by atoms with Crippen LogP contribution in [0.25, 0.3) is 0 Å². The molecular formula is C10H15N3O5S. The summed E-state index contributed by atoms with van der Waals surface area (Å²) >= 11 is 0. The van der Waals surface area contributed by atoms with E-state index in [-0.39, 0.29) is 13.2 Å². The van der Waals surface area contributed by atoms with Gasteiger partial charge < -0.3 is 15.2 Å². The SMILES string of the molecule is COC(=O)NS(=O)(=O)NCCOc1cccc(N)c1. The molecule has 1 rings (SSSR count). The third-order valence-corrected chi connectivity index (χ3v) is 2.94. The molecule has 0 fully saturated rings. The fraction of sp³-hybridized carbons (Fsp3) is 0.300. The summed E-state index contributed by atoms with van der Waals surface area (Å²) in [7, 11) is -2.87. The fourth-order valence-corrected chi connectivity index (χ4v) is 1.86. The number of methoxy groups -OCH3 is 1. The number of hydrogen-bond acceptors (Lipinski definition) is 6. The molecule has 1 aromatic rings. The van der Waals surface area contributed by atoms with E-state index in [1.54, 1.807) is 29.0 Å². The smallest absolute Gasteiger partial charge is 0.421 e. The van der Waals surface area contributed by atoms with Gasteiger partial charge in [0.15, 0.2) is 0 Å². The maximum absolute atomic E-state index is 11.3. The van der Waals surface area contributed by atoms with Gasteiger partial charge >= 0.3 is 16.3 Å². The second-order valence-corrected chi connectivity index (χ2v) is 4.91. The van der Waals surface area contributed by atoms with Crippen molar-refractivity contribution in [1.82, 2.24) is 9.44 Å². The summed E-state index contributed by atoms with van der Waals surface area (Å²) in [4.78, 5) is 10.7. The molecule has 0 aliphatic carbocycles. The Morgan fingerprint density at radius 1 is 1.42 bits per heavy atom. The van der Waals surface area contributed by atoms with E-state index in [4.69, 9.17) is 10.5 Å². The Morgan fingerprint density at radius 3 is 2.79 bits per heavy atom. The zero-order valence-corrected chi connectivity index (χ0v) is 11.1. The number of nitrogens with one attached hydrogen (secondary N) is 2. The van der Waals surface area contributed by atoms with Gasteiger partial charge in [0.05, 0.1) is 7.11 Å². The first kappa shape index (κ1) is 15.1. The lowest BCUT2D eigenvalue weighted by Crippen LogP contribution is -2.41. The molecule has 9 heteroatoms. The maximum Gasteiger partial charge on any atom is 0.421 e.